The quantitative estimate of drug-likeness (QED) is 0.367. The van der Waals surface area contributed by atoms with Crippen molar-refractivity contribution >= 4 is 35.4 Å². The third-order valence-corrected chi connectivity index (χ3v) is 6.92. The van der Waals surface area contributed by atoms with E-state index in [0.717, 1.165) is 29.0 Å². The maximum atomic E-state index is 9.90. The number of hydrogen-bond donors (Lipinski definition) is 5. The Labute approximate surface area is 180 Å². The minimum absolute atomic E-state index is 0.224. The molecule has 1 amide bonds. The summed E-state index contributed by atoms with van der Waals surface area (Å²) in [7, 11) is 2.00. The summed E-state index contributed by atoms with van der Waals surface area (Å²) in [5.41, 5.74) is 10.1. The molecule has 0 fully saturated rings. The van der Waals surface area contributed by atoms with Crippen molar-refractivity contribution in [1.29, 1.82) is 0 Å². The van der Waals surface area contributed by atoms with E-state index >= 15 is 0 Å². The zero-order valence-electron chi connectivity index (χ0n) is 17.1. The standard InChI is InChI=1S/C13H17NO.C6H10N2OS2.CH3NO/c1-14-13-9-4-2-3-8(9)7-11-10(13)5-6-12(11)15;1-6(2,9)5-8-3-4(10-5)11-7;2-1-3/h7,12,14-15H,2-6H2,1H3;3,9H,7H2,1-2H3;1H,(H2,2,3). The Hall–Kier alpha value is -1.65. The molecule has 2 aliphatic rings. The fraction of sp³-hybridized carbons (Fsp3) is 0.500. The molecule has 29 heavy (non-hydrogen) atoms. The number of nitrogens with zero attached hydrogens (tertiary/aromatic N) is 1. The molecule has 1 unspecified atom stereocenters. The number of thiazole rings is 1. The van der Waals surface area contributed by atoms with Gasteiger partial charge >= 0.3 is 0 Å². The predicted molar refractivity (Wildman–Crippen MR) is 119 cm³/mol. The Balaban J connectivity index is 0.000000190. The first-order chi connectivity index (χ1) is 13.8. The SMILES string of the molecule is CC(C)(O)c1ncc(SN)s1.CNc1c2c(cc3c1CCC3O)CCC2.NC=O. The second kappa shape index (κ2) is 10.4. The zero-order valence-corrected chi connectivity index (χ0v) is 18.7. The van der Waals surface area contributed by atoms with Crippen LogP contribution in [0.4, 0.5) is 5.69 Å². The number of aliphatic hydroxyl groups excluding tert-OH is 1. The molecule has 1 aromatic carbocycles. The molecule has 7 N–H and O–H groups in total. The van der Waals surface area contributed by atoms with Gasteiger partial charge in [0.05, 0.1) is 16.5 Å². The van der Waals surface area contributed by atoms with Gasteiger partial charge in [-0.1, -0.05) is 6.07 Å². The van der Waals surface area contributed by atoms with E-state index in [9.17, 15) is 10.2 Å². The van der Waals surface area contributed by atoms with E-state index < -0.39 is 5.60 Å². The van der Waals surface area contributed by atoms with Crippen molar-refractivity contribution in [2.24, 2.45) is 10.9 Å². The number of carbonyl (C=O) groups excluding carboxylic acids is 1. The molecule has 0 saturated heterocycles. The topological polar surface area (TPSA) is 134 Å². The van der Waals surface area contributed by atoms with E-state index in [1.807, 2.05) is 7.05 Å². The van der Waals surface area contributed by atoms with Crippen molar-refractivity contribution in [3.05, 3.63) is 39.5 Å². The van der Waals surface area contributed by atoms with Gasteiger partial charge in [-0.3, -0.25) is 9.93 Å². The molecule has 1 atom stereocenters. The Morgan fingerprint density at radius 2 is 2.03 bits per heavy atom. The summed E-state index contributed by atoms with van der Waals surface area (Å²) in [5, 5.41) is 28.7. The summed E-state index contributed by atoms with van der Waals surface area (Å²) in [4.78, 5) is 12.6. The van der Waals surface area contributed by atoms with Gasteiger partial charge in [-0.25, -0.2) is 4.98 Å². The van der Waals surface area contributed by atoms with Crippen LogP contribution in [0.2, 0.25) is 0 Å². The van der Waals surface area contributed by atoms with Gasteiger partial charge in [0.1, 0.15) is 10.6 Å². The summed E-state index contributed by atoms with van der Waals surface area (Å²) in [6.45, 7) is 3.41. The highest BCUT2D eigenvalue weighted by atomic mass is 32.2. The Morgan fingerprint density at radius 3 is 2.55 bits per heavy atom. The minimum Gasteiger partial charge on any atom is -0.388 e. The summed E-state index contributed by atoms with van der Waals surface area (Å²) in [6, 6.07) is 2.25. The van der Waals surface area contributed by atoms with E-state index in [-0.39, 0.29) is 12.5 Å². The zero-order chi connectivity index (χ0) is 21.6. The van der Waals surface area contributed by atoms with Crippen LogP contribution in [0.1, 0.15) is 60.1 Å². The molecule has 0 spiro atoms. The Bertz CT molecular complexity index is 834. The highest BCUT2D eigenvalue weighted by Gasteiger charge is 2.27. The molecule has 2 aliphatic carbocycles. The van der Waals surface area contributed by atoms with Crippen LogP contribution in [0, 0.1) is 0 Å². The normalized spacial score (nSPS) is 16.7. The third kappa shape index (κ3) is 5.70. The Kier molecular flexibility index (Phi) is 8.47. The fourth-order valence-electron chi connectivity index (χ4n) is 3.71. The molecule has 0 aliphatic heterocycles. The monoisotopic (exact) mass is 438 g/mol. The minimum atomic E-state index is -0.849. The van der Waals surface area contributed by atoms with Crippen LogP contribution in [-0.4, -0.2) is 28.7 Å². The largest absolute Gasteiger partial charge is 0.388 e. The first kappa shape index (κ1) is 23.6. The molecule has 0 saturated carbocycles. The number of nitrogens with two attached hydrogens (primary N) is 2. The van der Waals surface area contributed by atoms with Gasteiger partial charge in [-0.15, -0.1) is 11.3 Å². The summed E-state index contributed by atoms with van der Waals surface area (Å²) in [5.74, 6) is 0. The number of hydrogen-bond acceptors (Lipinski definition) is 8. The first-order valence-corrected chi connectivity index (χ1v) is 11.2. The number of carbonyl (C=O) groups is 1. The van der Waals surface area contributed by atoms with Crippen LogP contribution in [0.3, 0.4) is 0 Å². The molecule has 160 valence electrons. The molecule has 1 aromatic heterocycles. The highest BCUT2D eigenvalue weighted by Crippen LogP contribution is 2.42. The van der Waals surface area contributed by atoms with Crippen LogP contribution >= 0.6 is 23.3 Å². The maximum Gasteiger partial charge on any atom is 0.204 e. The number of anilines is 1. The van der Waals surface area contributed by atoms with E-state index in [4.69, 9.17) is 9.93 Å². The van der Waals surface area contributed by atoms with Crippen LogP contribution in [0.5, 0.6) is 0 Å². The van der Waals surface area contributed by atoms with Crippen LogP contribution in [0.15, 0.2) is 16.5 Å². The molecule has 0 bridgehead atoms. The second-order valence-electron chi connectivity index (χ2n) is 7.41. The van der Waals surface area contributed by atoms with Crippen LogP contribution in [0.25, 0.3) is 0 Å². The second-order valence-corrected chi connectivity index (χ2v) is 9.38. The van der Waals surface area contributed by atoms with Crippen molar-refractivity contribution in [3.63, 3.8) is 0 Å². The number of nitrogens with one attached hydrogen (secondary N) is 1. The molecule has 1 heterocycles. The van der Waals surface area contributed by atoms with Crippen molar-refractivity contribution in [2.45, 2.75) is 61.9 Å². The lowest BCUT2D eigenvalue weighted by Gasteiger charge is -2.15. The lowest BCUT2D eigenvalue weighted by molar-refractivity contribution is -0.106. The molecule has 0 radical (unpaired) electrons. The molecule has 2 aromatic rings. The lowest BCUT2D eigenvalue weighted by atomic mass is 9.98. The number of aliphatic hydroxyl groups is 2. The number of fused-ring (bicyclic) bond motifs is 2. The Morgan fingerprint density at radius 1 is 1.34 bits per heavy atom. The van der Waals surface area contributed by atoms with E-state index in [2.05, 4.69) is 22.1 Å². The number of benzene rings is 1. The average molecular weight is 439 g/mol. The van der Waals surface area contributed by atoms with Crippen molar-refractivity contribution in [1.82, 2.24) is 4.98 Å². The molecular formula is C20H30N4O3S2. The van der Waals surface area contributed by atoms with Gasteiger partial charge < -0.3 is 21.3 Å². The summed E-state index contributed by atoms with van der Waals surface area (Å²) >= 11 is 2.57. The average Bonchev–Trinajstić information content (AvgIpc) is 3.40. The van der Waals surface area contributed by atoms with Gasteiger partial charge in [-0.2, -0.15) is 0 Å². The number of primary amides is 1. The van der Waals surface area contributed by atoms with Gasteiger partial charge in [0.15, 0.2) is 0 Å². The number of rotatable bonds is 3. The molecule has 7 nitrogen and oxygen atoms in total. The van der Waals surface area contributed by atoms with Crippen molar-refractivity contribution < 1.29 is 15.0 Å². The van der Waals surface area contributed by atoms with Gasteiger partial charge in [0.25, 0.3) is 0 Å². The van der Waals surface area contributed by atoms with Gasteiger partial charge in [0, 0.05) is 12.7 Å². The number of aromatic nitrogens is 1. The smallest absolute Gasteiger partial charge is 0.204 e. The fourth-order valence-corrected chi connectivity index (χ4v) is 4.91. The van der Waals surface area contributed by atoms with Gasteiger partial charge in [0.2, 0.25) is 6.41 Å². The summed E-state index contributed by atoms with van der Waals surface area (Å²) in [6.07, 6.45) is 7.27. The van der Waals surface area contributed by atoms with Crippen LogP contribution < -0.4 is 16.2 Å². The third-order valence-electron chi connectivity index (χ3n) is 4.94. The van der Waals surface area contributed by atoms with Crippen molar-refractivity contribution in [3.8, 4) is 0 Å². The number of aryl methyl sites for hydroxylation is 1. The molecule has 9 heteroatoms. The molecule has 4 rings (SSSR count). The van der Waals surface area contributed by atoms with E-state index in [1.54, 1.807) is 20.0 Å². The number of amides is 1. The van der Waals surface area contributed by atoms with E-state index in [1.165, 1.54) is 58.5 Å². The van der Waals surface area contributed by atoms with E-state index in [0.29, 0.717) is 5.01 Å². The first-order valence-electron chi connectivity index (χ1n) is 9.50. The summed E-state index contributed by atoms with van der Waals surface area (Å²) < 4.78 is 0.919. The molecular weight excluding hydrogens is 408 g/mol. The lowest BCUT2D eigenvalue weighted by Crippen LogP contribution is -2.14. The van der Waals surface area contributed by atoms with Crippen molar-refractivity contribution in [2.75, 3.05) is 12.4 Å². The van der Waals surface area contributed by atoms with Gasteiger partial charge in [-0.05, 0) is 80.2 Å². The highest BCUT2D eigenvalue weighted by molar-refractivity contribution is 7.99. The predicted octanol–water partition coefficient (Wildman–Crippen LogP) is 2.63. The van der Waals surface area contributed by atoms with Crippen LogP contribution in [-0.2, 0) is 29.7 Å². The maximum absolute atomic E-state index is 9.90.